The molecule has 0 radical (unpaired) electrons. The van der Waals surface area contributed by atoms with Gasteiger partial charge in [0.1, 0.15) is 0 Å². The summed E-state index contributed by atoms with van der Waals surface area (Å²) in [5.74, 6) is 0. The highest BCUT2D eigenvalue weighted by atomic mass is 16.6. The van der Waals surface area contributed by atoms with Gasteiger partial charge in [-0.3, -0.25) is 20.2 Å². The molecule has 0 aliphatic rings. The Morgan fingerprint density at radius 2 is 1.27 bits per heavy atom. The molecule has 0 spiro atoms. The van der Waals surface area contributed by atoms with Crippen LogP contribution in [0, 0.1) is 20.2 Å². The molecule has 0 saturated heterocycles. The average Bonchev–Trinajstić information content (AvgIpc) is 2.62. The minimum absolute atomic E-state index is 0.0973. The normalized spacial score (nSPS) is 10.8. The number of urea groups is 1. The van der Waals surface area contributed by atoms with E-state index in [9.17, 15) is 25.0 Å². The van der Waals surface area contributed by atoms with Gasteiger partial charge in [-0.25, -0.2) is 15.6 Å². The van der Waals surface area contributed by atoms with Crippen LogP contribution < -0.4 is 10.9 Å². The van der Waals surface area contributed by atoms with Crippen LogP contribution in [-0.4, -0.2) is 28.3 Å². The second-order valence-corrected chi connectivity index (χ2v) is 4.77. The second kappa shape index (κ2) is 8.63. The van der Waals surface area contributed by atoms with Crippen molar-refractivity contribution in [2.45, 2.75) is 0 Å². The van der Waals surface area contributed by atoms with Gasteiger partial charge in [-0.05, 0) is 0 Å². The molecule has 0 heterocycles. The lowest BCUT2D eigenvalue weighted by Gasteiger charge is -1.98. The molecule has 2 aromatic carbocycles. The number of nitrogens with zero attached hydrogens (tertiary/aromatic N) is 4. The summed E-state index contributed by atoms with van der Waals surface area (Å²) in [6, 6.07) is 10.6. The molecule has 0 unspecified atom stereocenters. The van der Waals surface area contributed by atoms with Crippen molar-refractivity contribution >= 4 is 29.8 Å². The number of nitro benzene ring substituents is 2. The number of carbonyl (C=O) groups excluding carboxylic acids is 1. The first kappa shape index (κ1) is 18.2. The maximum absolute atomic E-state index is 11.5. The van der Waals surface area contributed by atoms with E-state index in [1.165, 1.54) is 48.8 Å². The summed E-state index contributed by atoms with van der Waals surface area (Å²) < 4.78 is 0. The van der Waals surface area contributed by atoms with Crippen LogP contribution in [0.5, 0.6) is 0 Å². The fourth-order valence-corrected chi connectivity index (χ4v) is 1.79. The summed E-state index contributed by atoms with van der Waals surface area (Å²) >= 11 is 0. The van der Waals surface area contributed by atoms with Gasteiger partial charge in [0, 0.05) is 35.4 Å². The van der Waals surface area contributed by atoms with Crippen LogP contribution in [0.15, 0.2) is 58.7 Å². The highest BCUT2D eigenvalue weighted by molar-refractivity contribution is 5.84. The average molecular weight is 356 g/mol. The van der Waals surface area contributed by atoms with Gasteiger partial charge in [-0.15, -0.1) is 0 Å². The number of benzene rings is 2. The summed E-state index contributed by atoms with van der Waals surface area (Å²) in [6.07, 6.45) is 2.47. The van der Waals surface area contributed by atoms with Crippen LogP contribution in [-0.2, 0) is 0 Å². The molecule has 2 rings (SSSR count). The SMILES string of the molecule is O=C(N/N=C/c1cccc([N+](=O)[O-])c1)N/N=C/c1cccc([N+](=O)[O-])c1. The lowest BCUT2D eigenvalue weighted by atomic mass is 10.2. The largest absolute Gasteiger partial charge is 0.355 e. The Labute approximate surface area is 146 Å². The predicted molar refractivity (Wildman–Crippen MR) is 93.0 cm³/mol. The van der Waals surface area contributed by atoms with Gasteiger partial charge in [0.2, 0.25) is 0 Å². The van der Waals surface area contributed by atoms with Crippen LogP contribution in [0.25, 0.3) is 0 Å². The minimum Gasteiger partial charge on any atom is -0.258 e. The molecule has 0 aliphatic heterocycles. The summed E-state index contributed by atoms with van der Waals surface area (Å²) in [6.45, 7) is 0. The van der Waals surface area contributed by atoms with Crippen molar-refractivity contribution in [3.8, 4) is 0 Å². The number of hydrogen-bond acceptors (Lipinski definition) is 7. The van der Waals surface area contributed by atoms with E-state index in [0.717, 1.165) is 0 Å². The summed E-state index contributed by atoms with van der Waals surface area (Å²) in [5.41, 5.74) is 4.91. The van der Waals surface area contributed by atoms with Crippen molar-refractivity contribution in [3.63, 3.8) is 0 Å². The number of nitrogens with one attached hydrogen (secondary N) is 2. The van der Waals surface area contributed by atoms with E-state index in [1.807, 2.05) is 0 Å². The van der Waals surface area contributed by atoms with Crippen LogP contribution >= 0.6 is 0 Å². The fourth-order valence-electron chi connectivity index (χ4n) is 1.79. The highest BCUT2D eigenvalue weighted by Crippen LogP contribution is 2.12. The van der Waals surface area contributed by atoms with E-state index >= 15 is 0 Å². The Kier molecular flexibility index (Phi) is 6.04. The number of non-ortho nitro benzene ring substituents is 2. The van der Waals surface area contributed by atoms with E-state index in [0.29, 0.717) is 11.1 Å². The molecule has 2 N–H and O–H groups in total. The quantitative estimate of drug-likeness (QED) is 0.461. The molecule has 0 aromatic heterocycles. The maximum Gasteiger partial charge on any atom is 0.355 e. The van der Waals surface area contributed by atoms with Crippen molar-refractivity contribution in [1.29, 1.82) is 0 Å². The lowest BCUT2D eigenvalue weighted by Crippen LogP contribution is -2.28. The standard InChI is InChI=1S/C15H12N6O5/c22-15(18-16-9-11-3-1-5-13(7-11)20(23)24)19-17-10-12-4-2-6-14(8-12)21(25)26/h1-10H,(H2,18,19,22)/b16-9+,17-10+. The summed E-state index contributed by atoms with van der Waals surface area (Å²) in [5, 5.41) is 28.6. The second-order valence-electron chi connectivity index (χ2n) is 4.77. The smallest absolute Gasteiger partial charge is 0.258 e. The maximum atomic E-state index is 11.5. The molecule has 0 bridgehead atoms. The van der Waals surface area contributed by atoms with E-state index in [2.05, 4.69) is 21.1 Å². The lowest BCUT2D eigenvalue weighted by molar-refractivity contribution is -0.385. The Bertz CT molecular complexity index is 824. The zero-order chi connectivity index (χ0) is 18.9. The topological polar surface area (TPSA) is 152 Å². The van der Waals surface area contributed by atoms with Gasteiger partial charge in [-0.2, -0.15) is 10.2 Å². The minimum atomic E-state index is -0.756. The third-order valence-electron chi connectivity index (χ3n) is 2.92. The molecule has 0 atom stereocenters. The zero-order valence-corrected chi connectivity index (χ0v) is 13.1. The van der Waals surface area contributed by atoms with Gasteiger partial charge in [0.05, 0.1) is 22.3 Å². The van der Waals surface area contributed by atoms with Gasteiger partial charge in [0.15, 0.2) is 0 Å². The van der Waals surface area contributed by atoms with Crippen LogP contribution in [0.3, 0.4) is 0 Å². The van der Waals surface area contributed by atoms with Crippen molar-refractivity contribution in [2.24, 2.45) is 10.2 Å². The fraction of sp³-hybridized carbons (Fsp3) is 0. The molecule has 11 heteroatoms. The van der Waals surface area contributed by atoms with Crippen molar-refractivity contribution < 1.29 is 14.6 Å². The molecule has 26 heavy (non-hydrogen) atoms. The van der Waals surface area contributed by atoms with Gasteiger partial charge >= 0.3 is 6.03 Å². The number of carbonyl (C=O) groups is 1. The number of rotatable bonds is 6. The van der Waals surface area contributed by atoms with Gasteiger partial charge in [-0.1, -0.05) is 24.3 Å². The number of hydrazone groups is 2. The number of amides is 2. The molecule has 2 aromatic rings. The zero-order valence-electron chi connectivity index (χ0n) is 13.1. The van der Waals surface area contributed by atoms with Crippen LogP contribution in [0.4, 0.5) is 16.2 Å². The van der Waals surface area contributed by atoms with Crippen molar-refractivity contribution in [3.05, 3.63) is 79.9 Å². The summed E-state index contributed by atoms with van der Waals surface area (Å²) in [4.78, 5) is 31.7. The Balaban J connectivity index is 1.87. The molecule has 0 saturated carbocycles. The molecule has 0 aliphatic carbocycles. The molecular formula is C15H12N6O5. The Morgan fingerprint density at radius 3 is 1.65 bits per heavy atom. The van der Waals surface area contributed by atoms with Crippen LogP contribution in [0.1, 0.15) is 11.1 Å². The first-order valence-electron chi connectivity index (χ1n) is 7.07. The molecule has 2 amide bonds. The van der Waals surface area contributed by atoms with E-state index in [1.54, 1.807) is 12.1 Å². The van der Waals surface area contributed by atoms with Crippen LogP contribution in [0.2, 0.25) is 0 Å². The number of nitro groups is 2. The molecular weight excluding hydrogens is 344 g/mol. The molecule has 11 nitrogen and oxygen atoms in total. The predicted octanol–water partition coefficient (Wildman–Crippen LogP) is 2.17. The third-order valence-corrected chi connectivity index (χ3v) is 2.92. The monoisotopic (exact) mass is 356 g/mol. The third kappa shape index (κ3) is 5.49. The van der Waals surface area contributed by atoms with Crippen molar-refractivity contribution in [2.75, 3.05) is 0 Å². The van der Waals surface area contributed by atoms with E-state index < -0.39 is 15.9 Å². The highest BCUT2D eigenvalue weighted by Gasteiger charge is 2.05. The first-order chi connectivity index (χ1) is 12.5. The Hall–Kier alpha value is -4.15. The van der Waals surface area contributed by atoms with E-state index in [-0.39, 0.29) is 11.4 Å². The number of hydrogen-bond donors (Lipinski definition) is 2. The molecule has 132 valence electrons. The molecule has 0 fully saturated rings. The summed E-state index contributed by atoms with van der Waals surface area (Å²) in [7, 11) is 0. The van der Waals surface area contributed by atoms with Gasteiger partial charge in [0.25, 0.3) is 11.4 Å². The van der Waals surface area contributed by atoms with E-state index in [4.69, 9.17) is 0 Å². The first-order valence-corrected chi connectivity index (χ1v) is 7.07. The van der Waals surface area contributed by atoms with Crippen molar-refractivity contribution in [1.82, 2.24) is 10.9 Å². The van der Waals surface area contributed by atoms with Gasteiger partial charge < -0.3 is 0 Å². The Morgan fingerprint density at radius 1 is 0.846 bits per heavy atom.